The number of rotatable bonds is 11. The highest BCUT2D eigenvalue weighted by atomic mass is 16.7. The maximum atomic E-state index is 12.1. The molecule has 44 heavy (non-hydrogen) atoms. The lowest BCUT2D eigenvalue weighted by molar-refractivity contribution is -0.330. The molecule has 18 heteroatoms. The van der Waals surface area contributed by atoms with Gasteiger partial charge in [-0.15, -0.1) is 0 Å². The van der Waals surface area contributed by atoms with Crippen LogP contribution in [0.3, 0.4) is 0 Å². The number of hydrogen-bond donors (Lipinski definition) is 1. The van der Waals surface area contributed by atoms with Gasteiger partial charge in [-0.1, -0.05) is 0 Å². The Kier molecular flexibility index (Phi) is 13.4. The Labute approximate surface area is 251 Å². The monoisotopic (exact) mass is 636 g/mol. The van der Waals surface area contributed by atoms with E-state index in [9.17, 15) is 38.7 Å². The molecule has 2 saturated heterocycles. The molecule has 0 radical (unpaired) electrons. The van der Waals surface area contributed by atoms with Crippen LogP contribution in [0.15, 0.2) is 0 Å². The molecule has 1 N–H and O–H groups in total. The number of ether oxygens (including phenoxy) is 10. The molecule has 2 aliphatic heterocycles. The van der Waals surface area contributed by atoms with Crippen LogP contribution in [0.1, 0.15) is 48.5 Å². The van der Waals surface area contributed by atoms with Gasteiger partial charge in [0.2, 0.25) is 0 Å². The Morgan fingerprint density at radius 1 is 0.477 bits per heavy atom. The smallest absolute Gasteiger partial charge is 0.303 e. The summed E-state index contributed by atoms with van der Waals surface area (Å²) >= 11 is 0. The number of carbonyl (C=O) groups is 7. The van der Waals surface area contributed by atoms with Gasteiger partial charge in [-0.25, -0.2) is 0 Å². The summed E-state index contributed by atoms with van der Waals surface area (Å²) in [5.74, 6) is -5.94. The number of carbonyl (C=O) groups excluding carboxylic acids is 7. The van der Waals surface area contributed by atoms with Gasteiger partial charge in [-0.2, -0.15) is 0 Å². The Hall–Kier alpha value is -3.87. The minimum absolute atomic E-state index is 0.523. The standard InChI is InChI=1S/C26H36O18/c1-10(27)35-8-18-20(38-12(3)29)22(40-14(5)31)24(42-16(7)33)26(44-18)36-9-17-19(37-11(2)28)21(39-13(4)30)23(25(34)43-17)41-15(6)32/h17-26,34H,8-9H2,1-7H3. The van der Waals surface area contributed by atoms with Gasteiger partial charge < -0.3 is 52.5 Å². The fraction of sp³-hybridized carbons (Fsp3) is 0.731. The van der Waals surface area contributed by atoms with Crippen molar-refractivity contribution < 1.29 is 86.0 Å². The molecule has 0 bridgehead atoms. The van der Waals surface area contributed by atoms with Gasteiger partial charge in [0.05, 0.1) is 6.61 Å². The van der Waals surface area contributed by atoms with Crippen LogP contribution < -0.4 is 0 Å². The third-order valence-electron chi connectivity index (χ3n) is 5.89. The molecule has 10 unspecified atom stereocenters. The van der Waals surface area contributed by atoms with Gasteiger partial charge in [-0.3, -0.25) is 33.6 Å². The lowest BCUT2D eigenvalue weighted by Crippen LogP contribution is -2.64. The number of hydrogen-bond acceptors (Lipinski definition) is 18. The second-order valence-electron chi connectivity index (χ2n) is 9.69. The van der Waals surface area contributed by atoms with E-state index in [1.165, 1.54) is 0 Å². The predicted molar refractivity (Wildman–Crippen MR) is 135 cm³/mol. The molecule has 2 aliphatic rings. The molecule has 0 aromatic carbocycles. The summed E-state index contributed by atoms with van der Waals surface area (Å²) in [4.78, 5) is 83.0. The van der Waals surface area contributed by atoms with Crippen molar-refractivity contribution >= 4 is 41.8 Å². The van der Waals surface area contributed by atoms with Crippen LogP contribution in [0, 0.1) is 0 Å². The van der Waals surface area contributed by atoms with Crippen LogP contribution in [-0.2, 0) is 80.9 Å². The fourth-order valence-corrected chi connectivity index (χ4v) is 4.52. The molecule has 0 aromatic heterocycles. The van der Waals surface area contributed by atoms with Gasteiger partial charge in [0.1, 0.15) is 18.8 Å². The van der Waals surface area contributed by atoms with Crippen LogP contribution in [0.2, 0.25) is 0 Å². The Bertz CT molecular complexity index is 1090. The van der Waals surface area contributed by atoms with Gasteiger partial charge in [0, 0.05) is 48.5 Å². The molecule has 2 fully saturated rings. The lowest BCUT2D eigenvalue weighted by Gasteiger charge is -2.45. The van der Waals surface area contributed by atoms with Crippen molar-refractivity contribution in [2.75, 3.05) is 13.2 Å². The first-order chi connectivity index (χ1) is 20.5. The summed E-state index contributed by atoms with van der Waals surface area (Å²) < 4.78 is 53.7. The van der Waals surface area contributed by atoms with Crippen LogP contribution in [0.25, 0.3) is 0 Å². The molecule has 2 rings (SSSR count). The summed E-state index contributed by atoms with van der Waals surface area (Å²) in [6.07, 6.45) is -15.6. The van der Waals surface area contributed by atoms with Gasteiger partial charge in [-0.05, 0) is 0 Å². The average Bonchev–Trinajstić information content (AvgIpc) is 2.87. The summed E-state index contributed by atoms with van der Waals surface area (Å²) in [7, 11) is 0. The van der Waals surface area contributed by atoms with E-state index in [0.717, 1.165) is 48.5 Å². The third-order valence-corrected chi connectivity index (χ3v) is 5.89. The van der Waals surface area contributed by atoms with E-state index in [4.69, 9.17) is 47.4 Å². The summed E-state index contributed by atoms with van der Waals surface area (Å²) in [6, 6.07) is 0. The highest BCUT2D eigenvalue weighted by Crippen LogP contribution is 2.32. The molecule has 0 aliphatic carbocycles. The molecule has 248 valence electrons. The third kappa shape index (κ3) is 10.7. The van der Waals surface area contributed by atoms with Crippen molar-refractivity contribution in [1.82, 2.24) is 0 Å². The minimum Gasteiger partial charge on any atom is -0.463 e. The first-order valence-electron chi connectivity index (χ1n) is 13.3. The summed E-state index contributed by atoms with van der Waals surface area (Å²) in [6.45, 7) is 6.15. The molecule has 2 heterocycles. The molecule has 0 spiro atoms. The first kappa shape index (κ1) is 36.3. The average molecular weight is 637 g/mol. The number of esters is 7. The topological polar surface area (TPSA) is 232 Å². The van der Waals surface area contributed by atoms with Gasteiger partial charge >= 0.3 is 41.8 Å². The van der Waals surface area contributed by atoms with Crippen LogP contribution in [0.4, 0.5) is 0 Å². The maximum absolute atomic E-state index is 12.1. The van der Waals surface area contributed by atoms with Crippen molar-refractivity contribution in [3.8, 4) is 0 Å². The first-order valence-corrected chi connectivity index (χ1v) is 13.3. The van der Waals surface area contributed by atoms with E-state index in [2.05, 4.69) is 0 Å². The maximum Gasteiger partial charge on any atom is 0.303 e. The highest BCUT2D eigenvalue weighted by Gasteiger charge is 2.55. The normalized spacial score (nSPS) is 31.5. The van der Waals surface area contributed by atoms with E-state index in [-0.39, 0.29) is 0 Å². The van der Waals surface area contributed by atoms with E-state index in [1.807, 2.05) is 0 Å². The van der Waals surface area contributed by atoms with Gasteiger partial charge in [0.25, 0.3) is 0 Å². The lowest BCUT2D eigenvalue weighted by atomic mass is 9.97. The second kappa shape index (κ2) is 16.3. The predicted octanol–water partition coefficient (Wildman–Crippen LogP) is -1.40. The summed E-state index contributed by atoms with van der Waals surface area (Å²) in [5, 5.41) is 10.6. The molecular formula is C26H36O18. The van der Waals surface area contributed by atoms with Gasteiger partial charge in [0.15, 0.2) is 49.2 Å². The van der Waals surface area contributed by atoms with Crippen molar-refractivity contribution in [2.45, 2.75) is 110 Å². The summed E-state index contributed by atoms with van der Waals surface area (Å²) in [5.41, 5.74) is 0. The van der Waals surface area contributed by atoms with Crippen LogP contribution >= 0.6 is 0 Å². The largest absolute Gasteiger partial charge is 0.463 e. The molecule has 18 nitrogen and oxygen atoms in total. The molecule has 0 saturated carbocycles. The zero-order valence-electron chi connectivity index (χ0n) is 25.1. The minimum atomic E-state index is -1.90. The molecule has 0 aromatic rings. The van der Waals surface area contributed by atoms with E-state index in [1.54, 1.807) is 0 Å². The fourth-order valence-electron chi connectivity index (χ4n) is 4.52. The van der Waals surface area contributed by atoms with E-state index >= 15 is 0 Å². The quantitative estimate of drug-likeness (QED) is 0.203. The molecular weight excluding hydrogens is 600 g/mol. The van der Waals surface area contributed by atoms with Crippen LogP contribution in [-0.4, -0.2) is 122 Å². The van der Waals surface area contributed by atoms with Crippen molar-refractivity contribution in [2.24, 2.45) is 0 Å². The Balaban J connectivity index is 2.48. The van der Waals surface area contributed by atoms with Crippen molar-refractivity contribution in [1.29, 1.82) is 0 Å². The second-order valence-corrected chi connectivity index (χ2v) is 9.69. The van der Waals surface area contributed by atoms with E-state index in [0.29, 0.717) is 0 Å². The Morgan fingerprint density at radius 3 is 1.27 bits per heavy atom. The van der Waals surface area contributed by atoms with E-state index < -0.39 is 116 Å². The highest BCUT2D eigenvalue weighted by molar-refractivity contribution is 5.69. The SMILES string of the molecule is CC(=O)OCC1OC(OCC2OC(O)C(OC(C)=O)C(OC(C)=O)C2OC(C)=O)C(OC(C)=O)C(OC(C)=O)C1OC(C)=O. The number of aliphatic hydroxyl groups is 1. The molecule has 10 atom stereocenters. The zero-order chi connectivity index (χ0) is 33.3. The Morgan fingerprint density at radius 2 is 0.841 bits per heavy atom. The molecule has 0 amide bonds. The van der Waals surface area contributed by atoms with Crippen molar-refractivity contribution in [3.63, 3.8) is 0 Å². The van der Waals surface area contributed by atoms with Crippen LogP contribution in [0.5, 0.6) is 0 Å². The number of aliphatic hydroxyl groups excluding tert-OH is 1. The van der Waals surface area contributed by atoms with Crippen molar-refractivity contribution in [3.05, 3.63) is 0 Å². The zero-order valence-corrected chi connectivity index (χ0v) is 25.1.